The number of rotatable bonds is 3. The molecule has 0 aliphatic carbocycles. The average molecular weight is 157 g/mol. The molecule has 11 heavy (non-hydrogen) atoms. The molecule has 0 amide bonds. The van der Waals surface area contributed by atoms with Gasteiger partial charge in [-0.1, -0.05) is 0 Å². The van der Waals surface area contributed by atoms with Crippen molar-refractivity contribution in [3.05, 3.63) is 0 Å². The molecule has 1 radical (unpaired) electrons. The number of likely N-dealkylation sites (N-methyl/N-ethyl adjacent to an activating group) is 2. The van der Waals surface area contributed by atoms with E-state index in [-0.39, 0.29) is 6.61 Å². The highest BCUT2D eigenvalue weighted by molar-refractivity contribution is 4.79. The SMILES string of the molecule is CN1CCC(N(C)CC[O])C1. The lowest BCUT2D eigenvalue weighted by molar-refractivity contribution is 0.133. The van der Waals surface area contributed by atoms with Crippen molar-refractivity contribution in [2.45, 2.75) is 12.5 Å². The first-order valence-electron chi connectivity index (χ1n) is 4.21. The van der Waals surface area contributed by atoms with Gasteiger partial charge < -0.3 is 4.90 Å². The van der Waals surface area contributed by atoms with Gasteiger partial charge in [-0.25, -0.2) is 5.11 Å². The molecule has 1 atom stereocenters. The van der Waals surface area contributed by atoms with E-state index in [2.05, 4.69) is 16.8 Å². The Morgan fingerprint density at radius 3 is 2.82 bits per heavy atom. The van der Waals surface area contributed by atoms with E-state index in [9.17, 15) is 5.11 Å². The fourth-order valence-electron chi connectivity index (χ4n) is 1.60. The molecule has 0 aromatic carbocycles. The first-order chi connectivity index (χ1) is 5.24. The average Bonchev–Trinajstić information content (AvgIpc) is 2.36. The highest BCUT2D eigenvalue weighted by atomic mass is 16.3. The van der Waals surface area contributed by atoms with E-state index in [4.69, 9.17) is 0 Å². The highest BCUT2D eigenvalue weighted by Crippen LogP contribution is 2.11. The second-order valence-corrected chi connectivity index (χ2v) is 3.39. The predicted molar refractivity (Wildman–Crippen MR) is 44.1 cm³/mol. The summed E-state index contributed by atoms with van der Waals surface area (Å²) in [5.41, 5.74) is 0. The molecule has 0 spiro atoms. The smallest absolute Gasteiger partial charge is 0.0949 e. The third-order valence-electron chi connectivity index (χ3n) is 2.43. The maximum absolute atomic E-state index is 10.3. The van der Waals surface area contributed by atoms with Gasteiger partial charge in [0.15, 0.2) is 0 Å². The molecular formula is C8H17N2O. The molecule has 0 aromatic heterocycles. The minimum absolute atomic E-state index is 0.0245. The summed E-state index contributed by atoms with van der Waals surface area (Å²) in [5, 5.41) is 10.3. The summed E-state index contributed by atoms with van der Waals surface area (Å²) in [6.45, 7) is 3.01. The van der Waals surface area contributed by atoms with E-state index >= 15 is 0 Å². The number of nitrogens with zero attached hydrogens (tertiary/aromatic N) is 2. The van der Waals surface area contributed by atoms with Crippen LogP contribution in [0.15, 0.2) is 0 Å². The molecule has 1 fully saturated rings. The van der Waals surface area contributed by atoms with Crippen LogP contribution in [0.25, 0.3) is 0 Å². The van der Waals surface area contributed by atoms with Gasteiger partial charge in [-0.3, -0.25) is 4.90 Å². The molecule has 1 aliphatic heterocycles. The molecule has 1 rings (SSSR count). The Morgan fingerprint density at radius 2 is 2.36 bits per heavy atom. The lowest BCUT2D eigenvalue weighted by atomic mass is 10.2. The Labute approximate surface area is 68.6 Å². The van der Waals surface area contributed by atoms with Crippen LogP contribution in [-0.2, 0) is 5.11 Å². The monoisotopic (exact) mass is 157 g/mol. The number of hydrogen-bond acceptors (Lipinski definition) is 2. The van der Waals surface area contributed by atoms with Gasteiger partial charge in [-0.2, -0.15) is 0 Å². The quantitative estimate of drug-likeness (QED) is 0.579. The molecule has 0 aromatic rings. The first kappa shape index (κ1) is 8.97. The maximum Gasteiger partial charge on any atom is 0.0949 e. The van der Waals surface area contributed by atoms with Crippen LogP contribution in [0.2, 0.25) is 0 Å². The molecule has 0 bridgehead atoms. The van der Waals surface area contributed by atoms with E-state index in [1.807, 2.05) is 7.05 Å². The number of hydrogen-bond donors (Lipinski definition) is 0. The minimum atomic E-state index is 0.0245. The summed E-state index contributed by atoms with van der Waals surface area (Å²) < 4.78 is 0. The Balaban J connectivity index is 2.25. The van der Waals surface area contributed by atoms with Gasteiger partial charge in [-0.05, 0) is 27.1 Å². The lowest BCUT2D eigenvalue weighted by Gasteiger charge is -2.22. The number of likely N-dealkylation sites (tertiary alicyclic amines) is 1. The Hall–Kier alpha value is -0.120. The molecule has 1 saturated heterocycles. The van der Waals surface area contributed by atoms with Crippen molar-refractivity contribution in [1.82, 2.24) is 9.80 Å². The van der Waals surface area contributed by atoms with E-state index in [1.54, 1.807) is 0 Å². The van der Waals surface area contributed by atoms with E-state index in [0.717, 1.165) is 6.54 Å². The topological polar surface area (TPSA) is 26.4 Å². The molecule has 3 heteroatoms. The fourth-order valence-corrected chi connectivity index (χ4v) is 1.60. The van der Waals surface area contributed by atoms with Gasteiger partial charge in [0.25, 0.3) is 0 Å². The van der Waals surface area contributed by atoms with Crippen molar-refractivity contribution in [3.8, 4) is 0 Å². The summed E-state index contributed by atoms with van der Waals surface area (Å²) in [4.78, 5) is 4.49. The second-order valence-electron chi connectivity index (χ2n) is 3.39. The predicted octanol–water partition coefficient (Wildman–Crippen LogP) is 0.0528. The molecule has 0 saturated carbocycles. The standard InChI is InChI=1S/C8H17N2O/c1-9-4-3-8(7-9)10(2)5-6-11/h8H,3-7H2,1-2H3. The van der Waals surface area contributed by atoms with Crippen LogP contribution in [0.5, 0.6) is 0 Å². The van der Waals surface area contributed by atoms with E-state index in [1.165, 1.54) is 13.0 Å². The van der Waals surface area contributed by atoms with Gasteiger partial charge in [0.1, 0.15) is 0 Å². The van der Waals surface area contributed by atoms with Crippen molar-refractivity contribution in [2.75, 3.05) is 40.3 Å². The molecular weight excluding hydrogens is 140 g/mol. The van der Waals surface area contributed by atoms with Crippen LogP contribution in [0.3, 0.4) is 0 Å². The van der Waals surface area contributed by atoms with Crippen LogP contribution in [0.1, 0.15) is 6.42 Å². The molecule has 1 aliphatic rings. The Bertz CT molecular complexity index is 119. The van der Waals surface area contributed by atoms with Crippen LogP contribution < -0.4 is 0 Å². The fraction of sp³-hybridized carbons (Fsp3) is 1.00. The Kier molecular flexibility index (Phi) is 3.30. The molecule has 65 valence electrons. The zero-order chi connectivity index (χ0) is 8.27. The summed E-state index contributed by atoms with van der Waals surface area (Å²) in [6.07, 6.45) is 1.22. The summed E-state index contributed by atoms with van der Waals surface area (Å²) in [5.74, 6) is 0. The largest absolute Gasteiger partial charge is 0.305 e. The molecule has 1 heterocycles. The van der Waals surface area contributed by atoms with E-state index in [0.29, 0.717) is 12.6 Å². The van der Waals surface area contributed by atoms with Crippen LogP contribution in [-0.4, -0.2) is 56.2 Å². The Morgan fingerprint density at radius 1 is 1.64 bits per heavy atom. The first-order valence-corrected chi connectivity index (χ1v) is 4.21. The lowest BCUT2D eigenvalue weighted by Crippen LogP contribution is -2.35. The van der Waals surface area contributed by atoms with Gasteiger partial charge >= 0.3 is 0 Å². The molecule has 0 N–H and O–H groups in total. The van der Waals surface area contributed by atoms with Crippen molar-refractivity contribution in [3.63, 3.8) is 0 Å². The van der Waals surface area contributed by atoms with Crippen molar-refractivity contribution >= 4 is 0 Å². The van der Waals surface area contributed by atoms with Gasteiger partial charge in [0.05, 0.1) is 6.61 Å². The van der Waals surface area contributed by atoms with Crippen molar-refractivity contribution in [1.29, 1.82) is 0 Å². The third-order valence-corrected chi connectivity index (χ3v) is 2.43. The summed E-state index contributed by atoms with van der Waals surface area (Å²) in [6, 6.07) is 0.619. The summed E-state index contributed by atoms with van der Waals surface area (Å²) in [7, 11) is 4.17. The minimum Gasteiger partial charge on any atom is -0.305 e. The molecule has 1 unspecified atom stereocenters. The van der Waals surface area contributed by atoms with Gasteiger partial charge in [0.2, 0.25) is 0 Å². The molecule has 3 nitrogen and oxygen atoms in total. The normalized spacial score (nSPS) is 26.7. The highest BCUT2D eigenvalue weighted by Gasteiger charge is 2.22. The van der Waals surface area contributed by atoms with E-state index < -0.39 is 0 Å². The zero-order valence-electron chi connectivity index (χ0n) is 7.42. The zero-order valence-corrected chi connectivity index (χ0v) is 7.42. The summed E-state index contributed by atoms with van der Waals surface area (Å²) >= 11 is 0. The maximum atomic E-state index is 10.3. The van der Waals surface area contributed by atoms with Crippen molar-refractivity contribution in [2.24, 2.45) is 0 Å². The van der Waals surface area contributed by atoms with Gasteiger partial charge in [0, 0.05) is 19.1 Å². The second kappa shape index (κ2) is 4.04. The van der Waals surface area contributed by atoms with Crippen LogP contribution in [0, 0.1) is 0 Å². The third kappa shape index (κ3) is 2.43. The van der Waals surface area contributed by atoms with Gasteiger partial charge in [-0.15, -0.1) is 0 Å². The van der Waals surface area contributed by atoms with Crippen molar-refractivity contribution < 1.29 is 5.11 Å². The van der Waals surface area contributed by atoms with Crippen LogP contribution >= 0.6 is 0 Å². The van der Waals surface area contributed by atoms with Crippen LogP contribution in [0.4, 0.5) is 0 Å².